The van der Waals surface area contributed by atoms with E-state index in [2.05, 4.69) is 0 Å². The van der Waals surface area contributed by atoms with Crippen LogP contribution in [0.15, 0.2) is 54.6 Å². The van der Waals surface area contributed by atoms with Crippen molar-refractivity contribution in [1.82, 2.24) is 0 Å². The number of ether oxygens (including phenoxy) is 1. The van der Waals surface area contributed by atoms with Gasteiger partial charge in [0.1, 0.15) is 5.75 Å². The molecule has 0 unspecified atom stereocenters. The molecule has 2 aromatic carbocycles. The Kier molecular flexibility index (Phi) is 5.09. The molecule has 0 aromatic heterocycles. The summed E-state index contributed by atoms with van der Waals surface area (Å²) in [6, 6.07) is 14.3. The molecule has 2 aromatic rings. The summed E-state index contributed by atoms with van der Waals surface area (Å²) in [5, 5.41) is 8.58. The molecule has 1 N–H and O–H groups in total. The van der Waals surface area contributed by atoms with Gasteiger partial charge in [0.25, 0.3) is 0 Å². The lowest BCUT2D eigenvalue weighted by atomic mass is 10.1. The summed E-state index contributed by atoms with van der Waals surface area (Å²) in [7, 11) is 0. The van der Waals surface area contributed by atoms with Crippen LogP contribution < -0.4 is 4.74 Å². The van der Waals surface area contributed by atoms with Gasteiger partial charge in [-0.05, 0) is 30.7 Å². The molecule has 0 aliphatic carbocycles. The van der Waals surface area contributed by atoms with Crippen LogP contribution in [0, 0.1) is 6.92 Å². The Bertz CT molecular complexity index is 699. The van der Waals surface area contributed by atoms with Crippen LogP contribution in [0.1, 0.15) is 21.5 Å². The topological polar surface area (TPSA) is 63.6 Å². The van der Waals surface area contributed by atoms with Crippen LogP contribution in [0.25, 0.3) is 6.08 Å². The summed E-state index contributed by atoms with van der Waals surface area (Å²) in [5.74, 6) is -0.866. The van der Waals surface area contributed by atoms with Gasteiger partial charge >= 0.3 is 5.97 Å². The molecule has 2 rings (SSSR count). The molecule has 0 saturated carbocycles. The van der Waals surface area contributed by atoms with E-state index in [1.165, 1.54) is 12.1 Å². The number of hydrogen-bond acceptors (Lipinski definition) is 3. The predicted molar refractivity (Wildman–Crippen MR) is 84.1 cm³/mol. The number of allylic oxidation sites excluding steroid dienone is 1. The minimum atomic E-state index is -1.06. The monoisotopic (exact) mass is 296 g/mol. The quantitative estimate of drug-likeness (QED) is 0.656. The van der Waals surface area contributed by atoms with Crippen molar-refractivity contribution < 1.29 is 19.4 Å². The lowest BCUT2D eigenvalue weighted by molar-refractivity contribution is -0.139. The fourth-order valence-corrected chi connectivity index (χ4v) is 1.83. The van der Waals surface area contributed by atoms with Crippen molar-refractivity contribution in [3.05, 3.63) is 71.3 Å². The van der Waals surface area contributed by atoms with Crippen LogP contribution in [0.4, 0.5) is 0 Å². The second-order valence-corrected chi connectivity index (χ2v) is 4.82. The first kappa shape index (κ1) is 15.5. The summed E-state index contributed by atoms with van der Waals surface area (Å²) in [4.78, 5) is 22.6. The Hall–Kier alpha value is -2.88. The van der Waals surface area contributed by atoms with Gasteiger partial charge in [-0.3, -0.25) is 4.79 Å². The summed E-state index contributed by atoms with van der Waals surface area (Å²) in [6.07, 6.45) is 3.23. The number of aryl methyl sites for hydroxylation is 1. The van der Waals surface area contributed by atoms with E-state index < -0.39 is 12.6 Å². The molecular formula is C18H16O4. The van der Waals surface area contributed by atoms with Crippen molar-refractivity contribution in [2.24, 2.45) is 0 Å². The highest BCUT2D eigenvalue weighted by Crippen LogP contribution is 2.15. The number of hydrogen-bond donors (Lipinski definition) is 1. The number of carboxylic acid groups (broad SMARTS) is 1. The molecule has 4 heteroatoms. The number of carbonyl (C=O) groups is 2. The van der Waals surface area contributed by atoms with E-state index in [0.717, 1.165) is 11.1 Å². The fraction of sp³-hybridized carbons (Fsp3) is 0.111. The van der Waals surface area contributed by atoms with Crippen molar-refractivity contribution >= 4 is 17.8 Å². The zero-order chi connectivity index (χ0) is 15.9. The number of ketones is 1. The van der Waals surface area contributed by atoms with Crippen LogP contribution in [-0.4, -0.2) is 23.5 Å². The maximum absolute atomic E-state index is 12.1. The molecule has 0 radical (unpaired) electrons. The normalized spacial score (nSPS) is 10.6. The van der Waals surface area contributed by atoms with Crippen LogP contribution in [0.5, 0.6) is 5.75 Å². The largest absolute Gasteiger partial charge is 0.482 e. The van der Waals surface area contributed by atoms with Crippen LogP contribution >= 0.6 is 0 Å². The smallest absolute Gasteiger partial charge is 0.341 e. The highest BCUT2D eigenvalue weighted by molar-refractivity contribution is 6.07. The first-order valence-corrected chi connectivity index (χ1v) is 6.78. The van der Waals surface area contributed by atoms with Gasteiger partial charge in [0, 0.05) is 5.56 Å². The Morgan fingerprint density at radius 3 is 2.55 bits per heavy atom. The predicted octanol–water partition coefficient (Wildman–Crippen LogP) is 3.35. The SMILES string of the molecule is Cc1ccc(/C=C/C(=O)c2cccc(OCC(=O)O)c2)cc1. The van der Waals surface area contributed by atoms with Gasteiger partial charge in [0.2, 0.25) is 0 Å². The third-order valence-corrected chi connectivity index (χ3v) is 2.99. The van der Waals surface area contributed by atoms with Gasteiger partial charge in [-0.25, -0.2) is 4.79 Å². The minimum Gasteiger partial charge on any atom is -0.482 e. The van der Waals surface area contributed by atoms with Crippen molar-refractivity contribution in [2.75, 3.05) is 6.61 Å². The Morgan fingerprint density at radius 1 is 1.14 bits per heavy atom. The average Bonchev–Trinajstić information content (AvgIpc) is 2.52. The maximum Gasteiger partial charge on any atom is 0.341 e. The molecule has 0 heterocycles. The van der Waals surface area contributed by atoms with Gasteiger partial charge in [-0.1, -0.05) is 48.0 Å². The molecule has 0 bridgehead atoms. The molecule has 0 amide bonds. The standard InChI is InChI=1S/C18H16O4/c1-13-5-7-14(8-6-13)9-10-17(19)15-3-2-4-16(11-15)22-12-18(20)21/h2-11H,12H2,1H3,(H,20,21)/b10-9+. The Labute approximate surface area is 128 Å². The molecule has 22 heavy (non-hydrogen) atoms. The number of benzene rings is 2. The molecule has 112 valence electrons. The maximum atomic E-state index is 12.1. The van der Waals surface area contributed by atoms with Gasteiger partial charge in [0.05, 0.1) is 0 Å². The average molecular weight is 296 g/mol. The Balaban J connectivity index is 2.07. The van der Waals surface area contributed by atoms with Crippen molar-refractivity contribution in [3.8, 4) is 5.75 Å². The molecule has 0 aliphatic rings. The lowest BCUT2D eigenvalue weighted by Crippen LogP contribution is -2.09. The van der Waals surface area contributed by atoms with Gasteiger partial charge in [-0.15, -0.1) is 0 Å². The van der Waals surface area contributed by atoms with Crippen molar-refractivity contribution in [3.63, 3.8) is 0 Å². The highest BCUT2D eigenvalue weighted by atomic mass is 16.5. The van der Waals surface area contributed by atoms with Gasteiger partial charge in [-0.2, -0.15) is 0 Å². The van der Waals surface area contributed by atoms with E-state index in [9.17, 15) is 9.59 Å². The fourth-order valence-electron chi connectivity index (χ4n) is 1.83. The van der Waals surface area contributed by atoms with Crippen LogP contribution in [0.3, 0.4) is 0 Å². The van der Waals surface area contributed by atoms with Crippen LogP contribution in [0.2, 0.25) is 0 Å². The summed E-state index contributed by atoms with van der Waals surface area (Å²) < 4.78 is 5.06. The van der Waals surface area contributed by atoms with E-state index >= 15 is 0 Å². The number of carbonyl (C=O) groups excluding carboxylic acids is 1. The van der Waals surface area contributed by atoms with E-state index in [1.807, 2.05) is 31.2 Å². The second kappa shape index (κ2) is 7.22. The van der Waals surface area contributed by atoms with E-state index in [-0.39, 0.29) is 5.78 Å². The summed E-state index contributed by atoms with van der Waals surface area (Å²) in [6.45, 7) is 1.57. The summed E-state index contributed by atoms with van der Waals surface area (Å²) >= 11 is 0. The number of aliphatic carboxylic acids is 1. The lowest BCUT2D eigenvalue weighted by Gasteiger charge is -2.04. The number of rotatable bonds is 6. The minimum absolute atomic E-state index is 0.165. The molecule has 0 atom stereocenters. The second-order valence-electron chi connectivity index (χ2n) is 4.82. The summed E-state index contributed by atoms with van der Waals surface area (Å²) in [5.41, 5.74) is 2.55. The molecular weight excluding hydrogens is 280 g/mol. The molecule has 0 saturated heterocycles. The van der Waals surface area contributed by atoms with E-state index in [4.69, 9.17) is 9.84 Å². The van der Waals surface area contributed by atoms with Crippen LogP contribution in [-0.2, 0) is 4.79 Å². The first-order valence-electron chi connectivity index (χ1n) is 6.78. The van der Waals surface area contributed by atoms with Crippen molar-refractivity contribution in [1.29, 1.82) is 0 Å². The molecule has 0 spiro atoms. The molecule has 0 fully saturated rings. The molecule has 0 aliphatic heterocycles. The highest BCUT2D eigenvalue weighted by Gasteiger charge is 2.05. The van der Waals surface area contributed by atoms with Gasteiger partial charge < -0.3 is 9.84 Å². The third kappa shape index (κ3) is 4.59. The number of carboxylic acids is 1. The van der Waals surface area contributed by atoms with E-state index in [0.29, 0.717) is 11.3 Å². The third-order valence-electron chi connectivity index (χ3n) is 2.99. The first-order chi connectivity index (χ1) is 10.5. The zero-order valence-electron chi connectivity index (χ0n) is 12.2. The van der Waals surface area contributed by atoms with Gasteiger partial charge in [0.15, 0.2) is 12.4 Å². The zero-order valence-corrected chi connectivity index (χ0v) is 12.2. The molecule has 4 nitrogen and oxygen atoms in total. The van der Waals surface area contributed by atoms with Crippen molar-refractivity contribution in [2.45, 2.75) is 6.92 Å². The van der Waals surface area contributed by atoms with E-state index in [1.54, 1.807) is 24.3 Å². The Morgan fingerprint density at radius 2 is 1.86 bits per heavy atom.